The van der Waals surface area contributed by atoms with Crippen molar-refractivity contribution in [1.29, 1.82) is 0 Å². The third-order valence-corrected chi connectivity index (χ3v) is 2.83. The van der Waals surface area contributed by atoms with Crippen LogP contribution in [0.15, 0.2) is 42.5 Å². The van der Waals surface area contributed by atoms with Gasteiger partial charge in [0.15, 0.2) is 11.5 Å². The Bertz CT molecular complexity index is 628. The van der Waals surface area contributed by atoms with Crippen LogP contribution in [0.5, 0.6) is 11.5 Å². The van der Waals surface area contributed by atoms with E-state index in [1.54, 1.807) is 36.4 Å². The molecule has 6 nitrogen and oxygen atoms in total. The summed E-state index contributed by atoms with van der Waals surface area (Å²) in [5.41, 5.74) is 1.25. The number of aromatic hydroxyl groups is 1. The molecule has 0 aromatic heterocycles. The minimum atomic E-state index is -0.437. The molecule has 0 saturated carbocycles. The van der Waals surface area contributed by atoms with Gasteiger partial charge in [-0.15, -0.1) is 0 Å². The van der Waals surface area contributed by atoms with Crippen LogP contribution < -0.4 is 10.1 Å². The van der Waals surface area contributed by atoms with Gasteiger partial charge < -0.3 is 15.2 Å². The summed E-state index contributed by atoms with van der Waals surface area (Å²) in [6, 6.07) is 11.4. The summed E-state index contributed by atoms with van der Waals surface area (Å²) < 4.78 is 4.95. The molecule has 0 bridgehead atoms. The second kappa shape index (κ2) is 5.92. The molecular weight excluding hydrogens is 260 g/mol. The zero-order valence-corrected chi connectivity index (χ0v) is 10.9. The predicted molar refractivity (Wildman–Crippen MR) is 75.1 cm³/mol. The lowest BCUT2D eigenvalue weighted by Crippen LogP contribution is -2.02. The van der Waals surface area contributed by atoms with E-state index in [1.807, 2.05) is 0 Å². The summed E-state index contributed by atoms with van der Waals surface area (Å²) in [6.45, 7) is 0.363. The molecule has 0 heterocycles. The van der Waals surface area contributed by atoms with Gasteiger partial charge in [-0.2, -0.15) is 0 Å². The first kappa shape index (κ1) is 13.7. The molecule has 0 aliphatic heterocycles. The van der Waals surface area contributed by atoms with E-state index in [2.05, 4.69) is 5.32 Å². The fourth-order valence-corrected chi connectivity index (χ4v) is 1.83. The van der Waals surface area contributed by atoms with E-state index in [1.165, 1.54) is 13.2 Å². The Labute approximate surface area is 115 Å². The summed E-state index contributed by atoms with van der Waals surface area (Å²) in [7, 11) is 1.47. The lowest BCUT2D eigenvalue weighted by molar-refractivity contribution is -0.384. The molecule has 6 heteroatoms. The zero-order valence-electron chi connectivity index (χ0n) is 10.9. The topological polar surface area (TPSA) is 84.6 Å². The van der Waals surface area contributed by atoms with Crippen molar-refractivity contribution in [1.82, 2.24) is 0 Å². The molecule has 0 spiro atoms. The normalized spacial score (nSPS) is 10.1. The van der Waals surface area contributed by atoms with Gasteiger partial charge in [-0.3, -0.25) is 10.1 Å². The SMILES string of the molecule is COc1ccc(CNc2ccccc2[N+](=O)[O-])cc1O. The number of benzene rings is 2. The average Bonchev–Trinajstić information content (AvgIpc) is 2.45. The van der Waals surface area contributed by atoms with Gasteiger partial charge in [0.1, 0.15) is 5.69 Å². The Hall–Kier alpha value is -2.76. The van der Waals surface area contributed by atoms with Gasteiger partial charge in [0.05, 0.1) is 12.0 Å². The summed E-state index contributed by atoms with van der Waals surface area (Å²) in [6.07, 6.45) is 0. The quantitative estimate of drug-likeness (QED) is 0.646. The van der Waals surface area contributed by atoms with Crippen LogP contribution in [0.4, 0.5) is 11.4 Å². The molecule has 0 atom stereocenters. The number of para-hydroxylation sites is 2. The van der Waals surface area contributed by atoms with Gasteiger partial charge in [-0.25, -0.2) is 0 Å². The highest BCUT2D eigenvalue weighted by atomic mass is 16.6. The molecule has 0 aliphatic carbocycles. The fraction of sp³-hybridized carbons (Fsp3) is 0.143. The molecule has 2 aromatic carbocycles. The number of anilines is 1. The number of nitrogens with one attached hydrogen (secondary N) is 1. The van der Waals surface area contributed by atoms with Crippen molar-refractivity contribution in [2.24, 2.45) is 0 Å². The van der Waals surface area contributed by atoms with E-state index in [4.69, 9.17) is 4.74 Å². The average molecular weight is 274 g/mol. The van der Waals surface area contributed by atoms with E-state index in [0.29, 0.717) is 18.0 Å². The van der Waals surface area contributed by atoms with Crippen LogP contribution in [0.2, 0.25) is 0 Å². The first-order valence-electron chi connectivity index (χ1n) is 5.95. The van der Waals surface area contributed by atoms with Crippen molar-refractivity contribution in [3.05, 3.63) is 58.1 Å². The van der Waals surface area contributed by atoms with E-state index in [0.717, 1.165) is 5.56 Å². The number of nitro groups is 1. The minimum Gasteiger partial charge on any atom is -0.504 e. The second-order valence-electron chi connectivity index (χ2n) is 4.13. The summed E-state index contributed by atoms with van der Waals surface area (Å²) in [5, 5.41) is 23.5. The van der Waals surface area contributed by atoms with Gasteiger partial charge in [0.25, 0.3) is 5.69 Å². The molecule has 20 heavy (non-hydrogen) atoms. The van der Waals surface area contributed by atoms with Gasteiger partial charge in [-0.05, 0) is 23.8 Å². The van der Waals surface area contributed by atoms with Crippen molar-refractivity contribution in [3.8, 4) is 11.5 Å². The molecule has 0 amide bonds. The van der Waals surface area contributed by atoms with Crippen molar-refractivity contribution >= 4 is 11.4 Å². The number of nitrogens with zero attached hydrogens (tertiary/aromatic N) is 1. The highest BCUT2D eigenvalue weighted by Crippen LogP contribution is 2.28. The van der Waals surface area contributed by atoms with Crippen LogP contribution in [0.1, 0.15) is 5.56 Å². The van der Waals surface area contributed by atoms with Crippen LogP contribution in [-0.2, 0) is 6.54 Å². The summed E-state index contributed by atoms with van der Waals surface area (Å²) in [5.74, 6) is 0.425. The van der Waals surface area contributed by atoms with Crippen molar-refractivity contribution in [2.75, 3.05) is 12.4 Å². The van der Waals surface area contributed by atoms with Crippen LogP contribution >= 0.6 is 0 Å². The van der Waals surface area contributed by atoms with Crippen LogP contribution in [0.3, 0.4) is 0 Å². The highest BCUT2D eigenvalue weighted by molar-refractivity contribution is 5.61. The Morgan fingerprint density at radius 2 is 2.05 bits per heavy atom. The van der Waals surface area contributed by atoms with E-state index < -0.39 is 4.92 Å². The van der Waals surface area contributed by atoms with E-state index in [9.17, 15) is 15.2 Å². The lowest BCUT2D eigenvalue weighted by Gasteiger charge is -2.09. The second-order valence-corrected chi connectivity index (χ2v) is 4.13. The Balaban J connectivity index is 2.13. The van der Waals surface area contributed by atoms with Gasteiger partial charge in [-0.1, -0.05) is 18.2 Å². The van der Waals surface area contributed by atoms with Crippen molar-refractivity contribution in [3.63, 3.8) is 0 Å². The number of nitro benzene ring substituents is 1. The smallest absolute Gasteiger partial charge is 0.292 e. The molecule has 0 radical (unpaired) electrons. The maximum atomic E-state index is 10.9. The van der Waals surface area contributed by atoms with E-state index in [-0.39, 0.29) is 11.4 Å². The van der Waals surface area contributed by atoms with Crippen LogP contribution in [0.25, 0.3) is 0 Å². The van der Waals surface area contributed by atoms with E-state index >= 15 is 0 Å². The maximum Gasteiger partial charge on any atom is 0.292 e. The molecule has 2 aromatic rings. The zero-order chi connectivity index (χ0) is 14.5. The molecule has 2 N–H and O–H groups in total. The number of phenols is 1. The lowest BCUT2D eigenvalue weighted by atomic mass is 10.2. The number of phenolic OH excluding ortho intramolecular Hbond substituents is 1. The molecule has 0 aliphatic rings. The number of hydrogen-bond donors (Lipinski definition) is 2. The monoisotopic (exact) mass is 274 g/mol. The standard InChI is InChI=1S/C14H14N2O4/c1-20-14-7-6-10(8-13(14)17)9-15-11-4-2-3-5-12(11)16(18)19/h2-8,15,17H,9H2,1H3. The van der Waals surface area contributed by atoms with Gasteiger partial charge >= 0.3 is 0 Å². The number of rotatable bonds is 5. The molecule has 104 valence electrons. The largest absolute Gasteiger partial charge is 0.504 e. The minimum absolute atomic E-state index is 0.0187. The number of ether oxygens (including phenoxy) is 1. The number of hydrogen-bond acceptors (Lipinski definition) is 5. The molecule has 0 saturated heterocycles. The molecule has 0 unspecified atom stereocenters. The third-order valence-electron chi connectivity index (χ3n) is 2.83. The van der Waals surface area contributed by atoms with Crippen molar-refractivity contribution < 1.29 is 14.8 Å². The molecule has 2 rings (SSSR count). The van der Waals surface area contributed by atoms with Crippen LogP contribution in [-0.4, -0.2) is 17.1 Å². The van der Waals surface area contributed by atoms with Crippen LogP contribution in [0, 0.1) is 10.1 Å². The summed E-state index contributed by atoms with van der Waals surface area (Å²) in [4.78, 5) is 10.4. The summed E-state index contributed by atoms with van der Waals surface area (Å²) >= 11 is 0. The maximum absolute atomic E-state index is 10.9. The number of methoxy groups -OCH3 is 1. The van der Waals surface area contributed by atoms with Gasteiger partial charge in [0.2, 0.25) is 0 Å². The predicted octanol–water partition coefficient (Wildman–Crippen LogP) is 2.92. The molecular formula is C14H14N2O4. The fourth-order valence-electron chi connectivity index (χ4n) is 1.83. The third kappa shape index (κ3) is 2.97. The Morgan fingerprint density at radius 3 is 2.70 bits per heavy atom. The Kier molecular flexibility index (Phi) is 4.05. The van der Waals surface area contributed by atoms with Crippen molar-refractivity contribution in [2.45, 2.75) is 6.54 Å². The van der Waals surface area contributed by atoms with Gasteiger partial charge in [0, 0.05) is 12.6 Å². The highest BCUT2D eigenvalue weighted by Gasteiger charge is 2.11. The first-order valence-corrected chi connectivity index (χ1v) is 5.95. The molecule has 0 fully saturated rings. The Morgan fingerprint density at radius 1 is 1.30 bits per heavy atom. The first-order chi connectivity index (χ1) is 9.61.